The van der Waals surface area contributed by atoms with Crippen molar-refractivity contribution in [2.75, 3.05) is 27.3 Å². The van der Waals surface area contributed by atoms with Crippen molar-refractivity contribution in [1.29, 1.82) is 0 Å². The van der Waals surface area contributed by atoms with Crippen LogP contribution in [0.5, 0.6) is 0 Å². The van der Waals surface area contributed by atoms with Gasteiger partial charge in [-0.3, -0.25) is 0 Å². The molecular formula is C6H19N3Si. The largest absolute Gasteiger partial charge is 0.320 e. The summed E-state index contributed by atoms with van der Waals surface area (Å²) in [6.07, 6.45) is 0. The molecule has 0 bridgehead atoms. The van der Waals surface area contributed by atoms with E-state index in [0.29, 0.717) is 0 Å². The first-order chi connectivity index (χ1) is 4.68. The van der Waals surface area contributed by atoms with E-state index in [2.05, 4.69) is 42.4 Å². The van der Waals surface area contributed by atoms with Gasteiger partial charge in [-0.2, -0.15) is 0 Å². The van der Waals surface area contributed by atoms with Crippen LogP contribution in [0.15, 0.2) is 0 Å². The summed E-state index contributed by atoms with van der Waals surface area (Å²) in [6.45, 7) is 6.38. The van der Waals surface area contributed by atoms with Crippen molar-refractivity contribution in [3.8, 4) is 0 Å². The molecule has 0 saturated heterocycles. The topological polar surface area (TPSA) is 27.3 Å². The van der Waals surface area contributed by atoms with Crippen LogP contribution in [0.3, 0.4) is 0 Å². The van der Waals surface area contributed by atoms with E-state index in [9.17, 15) is 0 Å². The van der Waals surface area contributed by atoms with Gasteiger partial charge in [0.1, 0.15) is 0 Å². The summed E-state index contributed by atoms with van der Waals surface area (Å²) in [7, 11) is 3.46. The molecule has 0 spiro atoms. The predicted molar refractivity (Wildman–Crippen MR) is 48.4 cm³/mol. The third-order valence-electron chi connectivity index (χ3n) is 1.55. The van der Waals surface area contributed by atoms with Crippen molar-refractivity contribution in [1.82, 2.24) is 14.9 Å². The Balaban J connectivity index is 3.13. The number of hydrogen-bond donors (Lipinski definition) is 2. The first-order valence-corrected chi connectivity index (χ1v) is 6.03. The lowest BCUT2D eigenvalue weighted by Crippen LogP contribution is -2.47. The highest BCUT2D eigenvalue weighted by molar-refractivity contribution is 6.51. The summed E-state index contributed by atoms with van der Waals surface area (Å²) in [5.41, 5.74) is 0. The fourth-order valence-electron chi connectivity index (χ4n) is 0.527. The molecule has 10 heavy (non-hydrogen) atoms. The molecule has 0 aliphatic rings. The van der Waals surface area contributed by atoms with Crippen LogP contribution in [-0.4, -0.2) is 41.0 Å². The van der Waals surface area contributed by atoms with Gasteiger partial charge >= 0.3 is 0 Å². The van der Waals surface area contributed by atoms with E-state index < -0.39 is 9.12 Å². The molecule has 3 nitrogen and oxygen atoms in total. The maximum Gasteiger partial charge on any atom is 0.184 e. The van der Waals surface area contributed by atoms with Crippen molar-refractivity contribution in [2.24, 2.45) is 0 Å². The Morgan fingerprint density at radius 3 is 2.40 bits per heavy atom. The number of nitrogens with one attached hydrogen (secondary N) is 2. The van der Waals surface area contributed by atoms with E-state index in [1.165, 1.54) is 0 Å². The zero-order chi connectivity index (χ0) is 7.98. The third kappa shape index (κ3) is 4.93. The van der Waals surface area contributed by atoms with Crippen molar-refractivity contribution in [3.05, 3.63) is 0 Å². The minimum Gasteiger partial charge on any atom is -0.320 e. The summed E-state index contributed by atoms with van der Waals surface area (Å²) in [4.78, 5) is 3.44. The normalized spacial score (nSPS) is 14.1. The molecule has 2 N–H and O–H groups in total. The first-order valence-electron chi connectivity index (χ1n) is 3.79. The van der Waals surface area contributed by atoms with Crippen LogP contribution in [0.1, 0.15) is 6.92 Å². The molecule has 0 fully saturated rings. The maximum absolute atomic E-state index is 3.44. The fraction of sp³-hybridized carbons (Fsp3) is 1.00. The molecule has 0 radical (unpaired) electrons. The van der Waals surface area contributed by atoms with Gasteiger partial charge in [0.25, 0.3) is 0 Å². The van der Waals surface area contributed by atoms with Gasteiger partial charge in [-0.1, -0.05) is 6.92 Å². The van der Waals surface area contributed by atoms with Gasteiger partial charge in [0.2, 0.25) is 0 Å². The van der Waals surface area contributed by atoms with E-state index in [1.54, 1.807) is 0 Å². The van der Waals surface area contributed by atoms with E-state index >= 15 is 0 Å². The molecule has 0 aliphatic heterocycles. The number of hydrogen-bond acceptors (Lipinski definition) is 3. The van der Waals surface area contributed by atoms with E-state index in [-0.39, 0.29) is 0 Å². The minimum atomic E-state index is -0.786. The molecule has 62 valence electrons. The second-order valence-corrected chi connectivity index (χ2v) is 5.42. The average molecular weight is 161 g/mol. The van der Waals surface area contributed by atoms with Crippen LogP contribution >= 0.6 is 0 Å². The minimum absolute atomic E-state index is 0.786. The van der Waals surface area contributed by atoms with Crippen molar-refractivity contribution >= 4 is 9.12 Å². The average Bonchev–Trinajstić information content (AvgIpc) is 1.88. The molecule has 0 aliphatic carbocycles. The standard InChI is InChI=1S/C6H19N3Si/c1-5-7-6-8-10(4)9(2)3/h7-8,10H,5-6H2,1-4H3. The molecular weight excluding hydrogens is 142 g/mol. The summed E-state index contributed by atoms with van der Waals surface area (Å²) >= 11 is 0. The molecule has 0 amide bonds. The highest BCUT2D eigenvalue weighted by Gasteiger charge is 2.03. The van der Waals surface area contributed by atoms with E-state index in [0.717, 1.165) is 13.2 Å². The highest BCUT2D eigenvalue weighted by Crippen LogP contribution is 1.77. The lowest BCUT2D eigenvalue weighted by atomic mass is 10.8. The molecule has 4 heteroatoms. The SMILES string of the molecule is CCNCN[SiH](C)N(C)C. The fourth-order valence-corrected chi connectivity index (χ4v) is 1.33. The highest BCUT2D eigenvalue weighted by atomic mass is 28.3. The van der Waals surface area contributed by atoms with Gasteiger partial charge in [0.05, 0.1) is 0 Å². The molecule has 0 saturated carbocycles. The molecule has 1 unspecified atom stereocenters. The van der Waals surface area contributed by atoms with E-state index in [4.69, 9.17) is 0 Å². The zero-order valence-electron chi connectivity index (χ0n) is 7.44. The summed E-state index contributed by atoms with van der Waals surface area (Å²) < 4.78 is 2.28. The van der Waals surface area contributed by atoms with Crippen LogP contribution in [-0.2, 0) is 0 Å². The van der Waals surface area contributed by atoms with Crippen molar-refractivity contribution < 1.29 is 0 Å². The number of nitrogens with zero attached hydrogens (tertiary/aromatic N) is 1. The monoisotopic (exact) mass is 161 g/mol. The van der Waals surface area contributed by atoms with Crippen LogP contribution < -0.4 is 10.3 Å². The summed E-state index contributed by atoms with van der Waals surface area (Å²) in [5.74, 6) is 0. The maximum atomic E-state index is 3.44. The molecule has 0 aromatic heterocycles. The third-order valence-corrected chi connectivity index (χ3v) is 3.89. The van der Waals surface area contributed by atoms with Crippen LogP contribution in [0.2, 0.25) is 6.55 Å². The second-order valence-electron chi connectivity index (χ2n) is 2.62. The lowest BCUT2D eigenvalue weighted by molar-refractivity contribution is 0.599. The Morgan fingerprint density at radius 2 is 2.00 bits per heavy atom. The summed E-state index contributed by atoms with van der Waals surface area (Å²) in [6, 6.07) is 0. The first kappa shape index (κ1) is 10.1. The zero-order valence-corrected chi connectivity index (χ0v) is 8.59. The molecule has 0 aromatic rings. The Labute approximate surface area is 65.6 Å². The quantitative estimate of drug-likeness (QED) is 0.325. The lowest BCUT2D eigenvalue weighted by Gasteiger charge is -2.19. The van der Waals surface area contributed by atoms with Gasteiger partial charge in [-0.15, -0.1) is 0 Å². The predicted octanol–water partition coefficient (Wildman–Crippen LogP) is -0.445. The van der Waals surface area contributed by atoms with Gasteiger partial charge < -0.3 is 14.9 Å². The number of rotatable bonds is 5. The Hall–Kier alpha value is 0.0969. The molecule has 1 atom stereocenters. The van der Waals surface area contributed by atoms with Gasteiger partial charge in [0, 0.05) is 6.67 Å². The van der Waals surface area contributed by atoms with Gasteiger partial charge in [-0.25, -0.2) is 0 Å². The van der Waals surface area contributed by atoms with Crippen LogP contribution in [0.25, 0.3) is 0 Å². The Morgan fingerprint density at radius 1 is 1.40 bits per heavy atom. The summed E-state index contributed by atoms with van der Waals surface area (Å²) in [5, 5.41) is 3.23. The van der Waals surface area contributed by atoms with Crippen LogP contribution in [0, 0.1) is 0 Å². The van der Waals surface area contributed by atoms with E-state index in [1.807, 2.05) is 0 Å². The van der Waals surface area contributed by atoms with Crippen molar-refractivity contribution in [3.63, 3.8) is 0 Å². The second kappa shape index (κ2) is 5.85. The molecule has 0 aromatic carbocycles. The smallest absolute Gasteiger partial charge is 0.184 e. The molecule has 0 heterocycles. The Bertz CT molecular complexity index is 77.4. The van der Waals surface area contributed by atoms with Crippen LogP contribution in [0.4, 0.5) is 0 Å². The van der Waals surface area contributed by atoms with Crippen molar-refractivity contribution in [2.45, 2.75) is 13.5 Å². The molecule has 0 rings (SSSR count). The van der Waals surface area contributed by atoms with Gasteiger partial charge in [-0.05, 0) is 27.2 Å². The Kier molecular flexibility index (Phi) is 5.91. The van der Waals surface area contributed by atoms with Gasteiger partial charge in [0.15, 0.2) is 9.12 Å².